The minimum Gasteiger partial charge on any atom is -0.339 e. The summed E-state index contributed by atoms with van der Waals surface area (Å²) in [6.07, 6.45) is 4.87. The number of aromatic nitrogens is 1. The molecule has 1 aromatic heterocycles. The zero-order valence-electron chi connectivity index (χ0n) is 17.7. The highest BCUT2D eigenvalue weighted by Crippen LogP contribution is 2.28. The molecule has 2 aromatic rings. The van der Waals surface area contributed by atoms with E-state index >= 15 is 0 Å². The third kappa shape index (κ3) is 3.78. The molecular weight excluding hydrogens is 378 g/mol. The van der Waals surface area contributed by atoms with E-state index in [0.717, 1.165) is 24.8 Å². The van der Waals surface area contributed by atoms with Gasteiger partial charge in [0, 0.05) is 38.3 Å². The van der Waals surface area contributed by atoms with Crippen molar-refractivity contribution in [1.82, 2.24) is 14.4 Å². The Bertz CT molecular complexity index is 987. The average Bonchev–Trinajstić information content (AvgIpc) is 2.73. The Morgan fingerprint density at radius 1 is 0.967 bits per heavy atom. The van der Waals surface area contributed by atoms with Crippen LogP contribution in [0.3, 0.4) is 0 Å². The van der Waals surface area contributed by atoms with E-state index < -0.39 is 0 Å². The maximum absolute atomic E-state index is 13.2. The summed E-state index contributed by atoms with van der Waals surface area (Å²) in [7, 11) is 0. The smallest absolute Gasteiger partial charge is 0.264 e. The number of benzene rings is 1. The predicted molar refractivity (Wildman–Crippen MR) is 116 cm³/mol. The third-order valence-corrected chi connectivity index (χ3v) is 6.57. The van der Waals surface area contributed by atoms with E-state index in [1.54, 1.807) is 15.7 Å². The molecule has 2 heterocycles. The van der Waals surface area contributed by atoms with E-state index in [-0.39, 0.29) is 34.9 Å². The normalized spacial score (nSPS) is 18.1. The summed E-state index contributed by atoms with van der Waals surface area (Å²) in [6, 6.07) is 11.5. The first-order chi connectivity index (χ1) is 14.5. The second kappa shape index (κ2) is 8.46. The van der Waals surface area contributed by atoms with Crippen molar-refractivity contribution in [1.29, 1.82) is 0 Å². The van der Waals surface area contributed by atoms with Crippen LogP contribution >= 0.6 is 0 Å². The quantitative estimate of drug-likeness (QED) is 0.783. The van der Waals surface area contributed by atoms with Gasteiger partial charge in [0.15, 0.2) is 0 Å². The van der Waals surface area contributed by atoms with E-state index in [0.29, 0.717) is 31.7 Å². The molecule has 0 radical (unpaired) electrons. The number of hydrogen-bond donors (Lipinski definition) is 0. The lowest BCUT2D eigenvalue weighted by Gasteiger charge is -2.38. The van der Waals surface area contributed by atoms with Gasteiger partial charge >= 0.3 is 0 Å². The highest BCUT2D eigenvalue weighted by Gasteiger charge is 2.33. The monoisotopic (exact) mass is 407 g/mol. The molecule has 2 aliphatic rings. The van der Waals surface area contributed by atoms with Crippen molar-refractivity contribution in [3.05, 3.63) is 69.6 Å². The summed E-state index contributed by atoms with van der Waals surface area (Å²) in [6.45, 7) is 5.80. The van der Waals surface area contributed by atoms with E-state index in [1.807, 2.05) is 55.1 Å². The Kier molecular flexibility index (Phi) is 5.75. The van der Waals surface area contributed by atoms with Crippen LogP contribution in [0.4, 0.5) is 0 Å². The second-order valence-electron chi connectivity index (χ2n) is 8.42. The zero-order valence-corrected chi connectivity index (χ0v) is 17.7. The van der Waals surface area contributed by atoms with Crippen molar-refractivity contribution in [2.75, 3.05) is 26.2 Å². The fourth-order valence-corrected chi connectivity index (χ4v) is 4.30. The summed E-state index contributed by atoms with van der Waals surface area (Å²) < 4.78 is 1.63. The Balaban J connectivity index is 1.52. The van der Waals surface area contributed by atoms with Gasteiger partial charge in [0.1, 0.15) is 5.56 Å². The molecule has 2 amide bonds. The lowest BCUT2D eigenvalue weighted by Crippen LogP contribution is -2.53. The number of carbonyl (C=O) groups excluding carboxylic acids is 2. The van der Waals surface area contributed by atoms with Crippen molar-refractivity contribution in [3.63, 3.8) is 0 Å². The van der Waals surface area contributed by atoms with Gasteiger partial charge in [-0.3, -0.25) is 14.4 Å². The lowest BCUT2D eigenvalue weighted by molar-refractivity contribution is -0.139. The molecule has 1 aliphatic carbocycles. The Morgan fingerprint density at radius 3 is 2.20 bits per heavy atom. The molecule has 1 aliphatic heterocycles. The minimum atomic E-state index is -0.260. The molecule has 2 fully saturated rings. The van der Waals surface area contributed by atoms with Gasteiger partial charge in [-0.15, -0.1) is 0 Å². The zero-order chi connectivity index (χ0) is 21.3. The standard InChI is InChI=1S/C24H29N3O3/c1-17-11-12-27(18(2)19-7-4-3-5-8-19)24(30)21(17)23(29)26-15-13-25(14-16-26)22(28)20-9-6-10-20/h3-5,7-8,11-12,18,20H,6,9-10,13-16H2,1-2H3. The molecule has 1 saturated carbocycles. The van der Waals surface area contributed by atoms with Crippen molar-refractivity contribution in [2.24, 2.45) is 5.92 Å². The first-order valence-electron chi connectivity index (χ1n) is 10.8. The largest absolute Gasteiger partial charge is 0.339 e. The maximum Gasteiger partial charge on any atom is 0.264 e. The van der Waals surface area contributed by atoms with E-state index in [2.05, 4.69) is 0 Å². The molecule has 0 N–H and O–H groups in total. The number of hydrogen-bond acceptors (Lipinski definition) is 3. The Morgan fingerprint density at radius 2 is 1.60 bits per heavy atom. The molecule has 6 nitrogen and oxygen atoms in total. The Labute approximate surface area is 177 Å². The van der Waals surface area contributed by atoms with Gasteiger partial charge in [-0.05, 0) is 43.9 Å². The molecule has 6 heteroatoms. The lowest BCUT2D eigenvalue weighted by atomic mass is 9.84. The molecule has 4 rings (SSSR count). The van der Waals surface area contributed by atoms with Gasteiger partial charge < -0.3 is 14.4 Å². The molecule has 158 valence electrons. The topological polar surface area (TPSA) is 62.6 Å². The number of amides is 2. The first kappa shape index (κ1) is 20.4. The molecular formula is C24H29N3O3. The fourth-order valence-electron chi connectivity index (χ4n) is 4.30. The van der Waals surface area contributed by atoms with Crippen LogP contribution < -0.4 is 5.56 Å². The first-order valence-corrected chi connectivity index (χ1v) is 10.8. The van der Waals surface area contributed by atoms with Gasteiger partial charge in [-0.2, -0.15) is 0 Å². The number of rotatable bonds is 4. The highest BCUT2D eigenvalue weighted by atomic mass is 16.2. The Hall–Kier alpha value is -2.89. The second-order valence-corrected chi connectivity index (χ2v) is 8.42. The molecule has 1 saturated heterocycles. The van der Waals surface area contributed by atoms with Crippen LogP contribution in [0.15, 0.2) is 47.4 Å². The maximum atomic E-state index is 13.2. The van der Waals surface area contributed by atoms with Crippen molar-refractivity contribution in [3.8, 4) is 0 Å². The summed E-state index contributed by atoms with van der Waals surface area (Å²) in [4.78, 5) is 42.5. The van der Waals surface area contributed by atoms with Gasteiger partial charge in [0.25, 0.3) is 11.5 Å². The highest BCUT2D eigenvalue weighted by molar-refractivity contribution is 5.95. The van der Waals surface area contributed by atoms with Crippen LogP contribution in [0.25, 0.3) is 0 Å². The summed E-state index contributed by atoms with van der Waals surface area (Å²) in [5.41, 5.74) is 1.68. The van der Waals surface area contributed by atoms with Crippen molar-refractivity contribution < 1.29 is 9.59 Å². The predicted octanol–water partition coefficient (Wildman–Crippen LogP) is 2.85. The van der Waals surface area contributed by atoms with Gasteiger partial charge in [0.2, 0.25) is 5.91 Å². The SMILES string of the molecule is Cc1ccn(C(C)c2ccccc2)c(=O)c1C(=O)N1CCN(C(=O)C2CCC2)CC1. The third-order valence-electron chi connectivity index (χ3n) is 6.57. The summed E-state index contributed by atoms with van der Waals surface area (Å²) in [5.74, 6) is 0.168. The van der Waals surface area contributed by atoms with Gasteiger partial charge in [0.05, 0.1) is 6.04 Å². The van der Waals surface area contributed by atoms with Crippen LogP contribution in [0.2, 0.25) is 0 Å². The summed E-state index contributed by atoms with van der Waals surface area (Å²) >= 11 is 0. The van der Waals surface area contributed by atoms with Crippen molar-refractivity contribution >= 4 is 11.8 Å². The average molecular weight is 408 g/mol. The molecule has 0 spiro atoms. The number of aryl methyl sites for hydroxylation is 1. The van der Waals surface area contributed by atoms with Crippen LogP contribution in [-0.2, 0) is 4.79 Å². The van der Waals surface area contributed by atoms with Crippen LogP contribution in [0, 0.1) is 12.8 Å². The van der Waals surface area contributed by atoms with Gasteiger partial charge in [-0.25, -0.2) is 0 Å². The fraction of sp³-hybridized carbons (Fsp3) is 0.458. The molecule has 1 unspecified atom stereocenters. The number of carbonyl (C=O) groups is 2. The number of piperazine rings is 1. The van der Waals surface area contributed by atoms with E-state index in [9.17, 15) is 14.4 Å². The van der Waals surface area contributed by atoms with Crippen LogP contribution in [0.5, 0.6) is 0 Å². The summed E-state index contributed by atoms with van der Waals surface area (Å²) in [5, 5.41) is 0. The minimum absolute atomic E-state index is 0.164. The molecule has 30 heavy (non-hydrogen) atoms. The van der Waals surface area contributed by atoms with Gasteiger partial charge in [-0.1, -0.05) is 36.8 Å². The molecule has 0 bridgehead atoms. The molecule has 1 aromatic carbocycles. The van der Waals surface area contributed by atoms with E-state index in [1.165, 1.54) is 0 Å². The number of nitrogens with zero attached hydrogens (tertiary/aromatic N) is 3. The van der Waals surface area contributed by atoms with E-state index in [4.69, 9.17) is 0 Å². The molecule has 1 atom stereocenters. The van der Waals surface area contributed by atoms with Crippen LogP contribution in [-0.4, -0.2) is 52.4 Å². The van der Waals surface area contributed by atoms with Crippen LogP contribution in [0.1, 0.15) is 53.7 Å². The van der Waals surface area contributed by atoms with Crippen molar-refractivity contribution in [2.45, 2.75) is 39.2 Å². The number of pyridine rings is 1.